The predicted octanol–water partition coefficient (Wildman–Crippen LogP) is 0.778. The van der Waals surface area contributed by atoms with Gasteiger partial charge in [0.05, 0.1) is 0 Å². The summed E-state index contributed by atoms with van der Waals surface area (Å²) in [6.45, 7) is 2.78. The van der Waals surface area contributed by atoms with E-state index in [0.29, 0.717) is 6.04 Å². The highest BCUT2D eigenvalue weighted by Crippen LogP contribution is 2.34. The van der Waals surface area contributed by atoms with Crippen LogP contribution in [0.2, 0.25) is 0 Å². The van der Waals surface area contributed by atoms with E-state index in [1.54, 1.807) is 0 Å². The van der Waals surface area contributed by atoms with Gasteiger partial charge in [0.2, 0.25) is 0 Å². The molecule has 1 aromatic heterocycles. The number of likely N-dealkylation sites (N-methyl/N-ethyl adjacent to an activating group) is 1. The van der Waals surface area contributed by atoms with Gasteiger partial charge in [-0.15, -0.1) is 0 Å². The average Bonchev–Trinajstić information content (AvgIpc) is 3.16. The van der Waals surface area contributed by atoms with Crippen molar-refractivity contribution in [3.63, 3.8) is 0 Å². The van der Waals surface area contributed by atoms with E-state index in [1.165, 1.54) is 12.8 Å². The second kappa shape index (κ2) is 8.02. The molecule has 0 amide bonds. The number of aliphatic imine (C=N–C) groups is 1. The summed E-state index contributed by atoms with van der Waals surface area (Å²) < 4.78 is 1.95. The fourth-order valence-electron chi connectivity index (χ4n) is 2.55. The lowest BCUT2D eigenvalue weighted by molar-refractivity contribution is 0.264. The summed E-state index contributed by atoms with van der Waals surface area (Å²) in [6, 6.07) is 2.56. The van der Waals surface area contributed by atoms with E-state index in [2.05, 4.69) is 39.7 Å². The Morgan fingerprint density at radius 2 is 2.24 bits per heavy atom. The third-order valence-electron chi connectivity index (χ3n) is 3.95. The molecule has 0 aromatic carbocycles. The highest BCUT2D eigenvalue weighted by molar-refractivity contribution is 5.79. The highest BCUT2D eigenvalue weighted by atomic mass is 15.3. The van der Waals surface area contributed by atoms with Crippen LogP contribution in [0.4, 0.5) is 0 Å². The van der Waals surface area contributed by atoms with Gasteiger partial charge in [0.1, 0.15) is 0 Å². The summed E-state index contributed by atoms with van der Waals surface area (Å²) >= 11 is 0. The van der Waals surface area contributed by atoms with Crippen molar-refractivity contribution < 1.29 is 0 Å². The zero-order valence-electron chi connectivity index (χ0n) is 13.4. The van der Waals surface area contributed by atoms with Gasteiger partial charge >= 0.3 is 0 Å². The maximum atomic E-state index is 4.29. The number of guanidine groups is 1. The molecule has 21 heavy (non-hydrogen) atoms. The normalized spacial score (nSPS) is 17.0. The van der Waals surface area contributed by atoms with E-state index in [1.807, 2.05) is 30.2 Å². The summed E-state index contributed by atoms with van der Waals surface area (Å²) in [5.74, 6) is 1.74. The summed E-state index contributed by atoms with van der Waals surface area (Å²) in [5, 5.41) is 11.0. The Morgan fingerprint density at radius 3 is 2.81 bits per heavy atom. The van der Waals surface area contributed by atoms with Crippen LogP contribution >= 0.6 is 0 Å². The average molecular weight is 292 g/mol. The molecule has 1 atom stereocenters. The van der Waals surface area contributed by atoms with Crippen molar-refractivity contribution in [1.29, 1.82) is 0 Å². The molecule has 0 aliphatic heterocycles. The molecule has 6 nitrogen and oxygen atoms in total. The van der Waals surface area contributed by atoms with Crippen molar-refractivity contribution in [3.05, 3.63) is 18.5 Å². The van der Waals surface area contributed by atoms with E-state index in [4.69, 9.17) is 0 Å². The van der Waals surface area contributed by atoms with Crippen LogP contribution in [-0.2, 0) is 6.54 Å². The first kappa shape index (κ1) is 15.8. The van der Waals surface area contributed by atoms with Crippen LogP contribution in [0.3, 0.4) is 0 Å². The van der Waals surface area contributed by atoms with Crippen LogP contribution in [0.15, 0.2) is 23.5 Å². The Labute approximate surface area is 127 Å². The summed E-state index contributed by atoms with van der Waals surface area (Å²) in [5.41, 5.74) is 0. The number of aryl methyl sites for hydroxylation is 1. The monoisotopic (exact) mass is 292 g/mol. The van der Waals surface area contributed by atoms with Gasteiger partial charge in [-0.1, -0.05) is 0 Å². The van der Waals surface area contributed by atoms with Gasteiger partial charge in [0.15, 0.2) is 5.96 Å². The van der Waals surface area contributed by atoms with Crippen LogP contribution in [0.5, 0.6) is 0 Å². The van der Waals surface area contributed by atoms with Gasteiger partial charge < -0.3 is 15.5 Å². The molecule has 1 saturated carbocycles. The first-order valence-electron chi connectivity index (χ1n) is 7.79. The third kappa shape index (κ3) is 5.38. The van der Waals surface area contributed by atoms with Crippen molar-refractivity contribution in [3.8, 4) is 0 Å². The smallest absolute Gasteiger partial charge is 0.191 e. The van der Waals surface area contributed by atoms with Gasteiger partial charge in [0.25, 0.3) is 0 Å². The molecule has 0 bridgehead atoms. The molecule has 0 spiro atoms. The standard InChI is InChI=1S/C15H28N6/c1-16-15(17-8-4-10-21-11-5-9-19-21)18-12-14(20(2)3)13-6-7-13/h5,9,11,13-14H,4,6-8,10,12H2,1-3H3,(H2,16,17,18). The van der Waals surface area contributed by atoms with E-state index in [9.17, 15) is 0 Å². The molecule has 1 aliphatic carbocycles. The van der Waals surface area contributed by atoms with Crippen LogP contribution in [0.1, 0.15) is 19.3 Å². The first-order valence-corrected chi connectivity index (χ1v) is 7.79. The van der Waals surface area contributed by atoms with Crippen LogP contribution in [0, 0.1) is 5.92 Å². The number of hydrogen-bond acceptors (Lipinski definition) is 3. The lowest BCUT2D eigenvalue weighted by Crippen LogP contribution is -2.46. The third-order valence-corrected chi connectivity index (χ3v) is 3.95. The number of rotatable bonds is 8. The second-order valence-corrected chi connectivity index (χ2v) is 5.87. The molecule has 0 radical (unpaired) electrons. The maximum Gasteiger partial charge on any atom is 0.191 e. The number of hydrogen-bond donors (Lipinski definition) is 2. The van der Waals surface area contributed by atoms with E-state index >= 15 is 0 Å². The topological polar surface area (TPSA) is 57.5 Å². The first-order chi connectivity index (χ1) is 10.2. The van der Waals surface area contributed by atoms with Crippen LogP contribution < -0.4 is 10.6 Å². The molecule has 1 aromatic rings. The second-order valence-electron chi connectivity index (χ2n) is 5.87. The minimum Gasteiger partial charge on any atom is -0.356 e. The molecule has 1 heterocycles. The molecular formula is C15H28N6. The summed E-state index contributed by atoms with van der Waals surface area (Å²) in [6.07, 6.45) is 7.56. The molecule has 1 aliphatic rings. The fraction of sp³-hybridized carbons (Fsp3) is 0.733. The van der Waals surface area contributed by atoms with Gasteiger partial charge in [-0.25, -0.2) is 0 Å². The summed E-state index contributed by atoms with van der Waals surface area (Å²) in [4.78, 5) is 6.60. The van der Waals surface area contributed by atoms with Gasteiger partial charge in [-0.2, -0.15) is 5.10 Å². The highest BCUT2D eigenvalue weighted by Gasteiger charge is 2.32. The maximum absolute atomic E-state index is 4.29. The van der Waals surface area contributed by atoms with Crippen molar-refractivity contribution in [2.45, 2.75) is 31.8 Å². The Balaban J connectivity index is 1.63. The molecule has 0 saturated heterocycles. The van der Waals surface area contributed by atoms with Crippen molar-refractivity contribution in [1.82, 2.24) is 25.3 Å². The number of nitrogens with one attached hydrogen (secondary N) is 2. The minimum atomic E-state index is 0.604. The van der Waals surface area contributed by atoms with Gasteiger partial charge in [-0.05, 0) is 45.3 Å². The lowest BCUT2D eigenvalue weighted by atomic mass is 10.1. The van der Waals surface area contributed by atoms with Gasteiger partial charge in [0, 0.05) is 45.1 Å². The quantitative estimate of drug-likeness (QED) is 0.422. The van der Waals surface area contributed by atoms with E-state index < -0.39 is 0 Å². The molecule has 2 N–H and O–H groups in total. The summed E-state index contributed by atoms with van der Waals surface area (Å²) in [7, 11) is 6.14. The lowest BCUT2D eigenvalue weighted by Gasteiger charge is -2.25. The molecule has 6 heteroatoms. The van der Waals surface area contributed by atoms with Crippen LogP contribution in [0.25, 0.3) is 0 Å². The predicted molar refractivity (Wildman–Crippen MR) is 86.4 cm³/mol. The van der Waals surface area contributed by atoms with E-state index in [0.717, 1.165) is 37.9 Å². The van der Waals surface area contributed by atoms with Crippen molar-refractivity contribution in [2.75, 3.05) is 34.2 Å². The Bertz CT molecular complexity index is 419. The zero-order chi connectivity index (χ0) is 15.1. The molecule has 1 fully saturated rings. The number of aromatic nitrogens is 2. The fourth-order valence-corrected chi connectivity index (χ4v) is 2.55. The zero-order valence-corrected chi connectivity index (χ0v) is 13.4. The molecule has 1 unspecified atom stereocenters. The Kier molecular flexibility index (Phi) is 6.04. The van der Waals surface area contributed by atoms with Crippen molar-refractivity contribution in [2.24, 2.45) is 10.9 Å². The largest absolute Gasteiger partial charge is 0.356 e. The molecular weight excluding hydrogens is 264 g/mol. The SMILES string of the molecule is CN=C(NCCCn1cccn1)NCC(C1CC1)N(C)C. The molecule has 118 valence electrons. The Hall–Kier alpha value is -1.56. The Morgan fingerprint density at radius 1 is 1.43 bits per heavy atom. The van der Waals surface area contributed by atoms with Gasteiger partial charge in [-0.3, -0.25) is 9.67 Å². The van der Waals surface area contributed by atoms with Crippen molar-refractivity contribution >= 4 is 5.96 Å². The van der Waals surface area contributed by atoms with E-state index in [-0.39, 0.29) is 0 Å². The minimum absolute atomic E-state index is 0.604. The van der Waals surface area contributed by atoms with Crippen LogP contribution in [-0.4, -0.2) is 60.9 Å². The number of nitrogens with zero attached hydrogens (tertiary/aromatic N) is 4. The molecule has 2 rings (SSSR count).